The highest BCUT2D eigenvalue weighted by molar-refractivity contribution is 9.10. The number of nitro benzene ring substituents is 1. The number of allylic oxidation sites excluding steroid dienone is 3. The summed E-state index contributed by atoms with van der Waals surface area (Å²) in [6.45, 7) is 0.448. The summed E-state index contributed by atoms with van der Waals surface area (Å²) < 4.78 is 11.6. The van der Waals surface area contributed by atoms with Gasteiger partial charge < -0.3 is 9.47 Å². The van der Waals surface area contributed by atoms with E-state index in [1.165, 1.54) is 12.1 Å². The Kier molecular flexibility index (Phi) is 9.55. The minimum atomic E-state index is -0.440. The topological polar surface area (TPSA) is 97.8 Å². The van der Waals surface area contributed by atoms with Crippen molar-refractivity contribution < 1.29 is 14.4 Å². The van der Waals surface area contributed by atoms with E-state index in [1.807, 2.05) is 42.5 Å². The van der Waals surface area contributed by atoms with Gasteiger partial charge in [-0.1, -0.05) is 58.4 Å². The van der Waals surface area contributed by atoms with Gasteiger partial charge in [-0.15, -0.1) is 0 Å². The number of non-ortho nitro benzene ring substituents is 1. The first-order valence-electron chi connectivity index (χ1n) is 11.0. The van der Waals surface area contributed by atoms with E-state index in [0.29, 0.717) is 35.7 Å². The number of halogens is 1. The van der Waals surface area contributed by atoms with Crippen LogP contribution in [0.15, 0.2) is 93.9 Å². The fourth-order valence-corrected chi connectivity index (χ4v) is 3.96. The molecule has 8 heteroatoms. The van der Waals surface area contributed by atoms with Gasteiger partial charge in [-0.2, -0.15) is 5.26 Å². The summed E-state index contributed by atoms with van der Waals surface area (Å²) in [5.74, 6) is 1.27. The van der Waals surface area contributed by atoms with Crippen LogP contribution in [0, 0.1) is 21.4 Å². The predicted octanol–water partition coefficient (Wildman–Crippen LogP) is 6.57. The second kappa shape index (κ2) is 13.0. The molecule has 0 fully saturated rings. The van der Waals surface area contributed by atoms with E-state index in [1.54, 1.807) is 44.6 Å². The average Bonchev–Trinajstić information content (AvgIpc) is 2.91. The molecule has 0 atom stereocenters. The summed E-state index contributed by atoms with van der Waals surface area (Å²) in [6, 6.07) is 21.7. The van der Waals surface area contributed by atoms with E-state index in [-0.39, 0.29) is 5.69 Å². The third kappa shape index (κ3) is 6.90. The van der Waals surface area contributed by atoms with Crippen LogP contribution in [0.2, 0.25) is 0 Å². The van der Waals surface area contributed by atoms with Crippen molar-refractivity contribution in [2.45, 2.75) is 6.42 Å². The van der Waals surface area contributed by atoms with E-state index in [9.17, 15) is 15.4 Å². The molecule has 3 aromatic carbocycles. The molecule has 36 heavy (non-hydrogen) atoms. The maximum atomic E-state index is 10.8. The minimum Gasteiger partial charge on any atom is -0.493 e. The third-order valence-electron chi connectivity index (χ3n) is 5.28. The Bertz CT molecular complexity index is 1340. The Labute approximate surface area is 218 Å². The Hall–Kier alpha value is -4.22. The largest absolute Gasteiger partial charge is 0.493 e. The molecule has 0 aromatic heterocycles. The lowest BCUT2D eigenvalue weighted by molar-refractivity contribution is -0.384. The first-order chi connectivity index (χ1) is 17.5. The number of methoxy groups -OCH3 is 2. The number of aliphatic imine (C=N–C) groups is 1. The lowest BCUT2D eigenvalue weighted by atomic mass is 10.0. The van der Waals surface area contributed by atoms with Crippen molar-refractivity contribution in [1.29, 1.82) is 5.26 Å². The number of hydrogen-bond donors (Lipinski definition) is 0. The van der Waals surface area contributed by atoms with Crippen LogP contribution in [-0.2, 0) is 6.42 Å². The van der Waals surface area contributed by atoms with Crippen LogP contribution < -0.4 is 9.47 Å². The van der Waals surface area contributed by atoms with Gasteiger partial charge in [0.1, 0.15) is 6.07 Å². The number of rotatable bonds is 10. The molecule has 0 saturated carbocycles. The van der Waals surface area contributed by atoms with Crippen molar-refractivity contribution in [3.8, 4) is 17.6 Å². The molecule has 7 nitrogen and oxygen atoms in total. The predicted molar refractivity (Wildman–Crippen MR) is 145 cm³/mol. The highest BCUT2D eigenvalue weighted by Gasteiger charge is 2.12. The molecule has 0 spiro atoms. The summed E-state index contributed by atoms with van der Waals surface area (Å²) >= 11 is 3.58. The second-order valence-corrected chi connectivity index (χ2v) is 8.40. The lowest BCUT2D eigenvalue weighted by Gasteiger charge is -2.12. The molecule has 0 aliphatic rings. The Morgan fingerprint density at radius 1 is 1.08 bits per heavy atom. The fourth-order valence-electron chi connectivity index (χ4n) is 3.44. The molecular formula is C28H24BrN3O4. The number of hydrogen-bond acceptors (Lipinski definition) is 6. The van der Waals surface area contributed by atoms with E-state index in [4.69, 9.17) is 14.5 Å². The molecular weight excluding hydrogens is 522 g/mol. The number of nitrogens with zero attached hydrogens (tertiary/aromatic N) is 3. The van der Waals surface area contributed by atoms with Gasteiger partial charge in [-0.25, -0.2) is 0 Å². The van der Waals surface area contributed by atoms with Gasteiger partial charge in [0.05, 0.1) is 30.4 Å². The monoisotopic (exact) mass is 545 g/mol. The summed E-state index contributed by atoms with van der Waals surface area (Å²) in [6.07, 6.45) is 5.84. The molecule has 3 rings (SSSR count). The zero-order valence-corrected chi connectivity index (χ0v) is 21.4. The van der Waals surface area contributed by atoms with Crippen LogP contribution in [0.5, 0.6) is 11.5 Å². The molecule has 0 saturated heterocycles. The highest BCUT2D eigenvalue weighted by Crippen LogP contribution is 2.33. The first-order valence-corrected chi connectivity index (χ1v) is 11.8. The lowest BCUT2D eigenvalue weighted by Crippen LogP contribution is -2.06. The molecule has 182 valence electrons. The van der Waals surface area contributed by atoms with Crippen LogP contribution in [0.25, 0.3) is 6.08 Å². The summed E-state index contributed by atoms with van der Waals surface area (Å²) in [5.41, 5.74) is 3.64. The third-order valence-corrected chi connectivity index (χ3v) is 6.02. The second-order valence-electron chi connectivity index (χ2n) is 7.54. The quantitative estimate of drug-likeness (QED) is 0.0942. The van der Waals surface area contributed by atoms with Crippen LogP contribution in [0.1, 0.15) is 16.7 Å². The molecule has 3 aromatic rings. The summed E-state index contributed by atoms with van der Waals surface area (Å²) in [5, 5.41) is 20.7. The van der Waals surface area contributed by atoms with Crippen LogP contribution >= 0.6 is 15.9 Å². The van der Waals surface area contributed by atoms with Crippen LogP contribution in [-0.4, -0.2) is 31.4 Å². The number of nitro groups is 1. The molecule has 0 unspecified atom stereocenters. The SMILES string of the molecule is COc1cc(Br)c(CCN=C(/C(C#N)=C\C=C\c2ccc([N+](=O)[O-])cc2)c2ccccc2)cc1OC. The van der Waals surface area contributed by atoms with Crippen molar-refractivity contribution in [2.75, 3.05) is 20.8 Å². The number of benzene rings is 3. The number of nitriles is 1. The fraction of sp³-hybridized carbons (Fsp3) is 0.143. The van der Waals surface area contributed by atoms with Crippen molar-refractivity contribution >= 4 is 33.4 Å². The summed E-state index contributed by atoms with van der Waals surface area (Å²) in [7, 11) is 3.18. The van der Waals surface area contributed by atoms with Gasteiger partial charge in [0.25, 0.3) is 5.69 Å². The Morgan fingerprint density at radius 3 is 2.36 bits per heavy atom. The number of ether oxygens (including phenoxy) is 2. The van der Waals surface area contributed by atoms with Crippen LogP contribution in [0.4, 0.5) is 5.69 Å². The Balaban J connectivity index is 1.86. The average molecular weight is 546 g/mol. The molecule has 0 heterocycles. The highest BCUT2D eigenvalue weighted by atomic mass is 79.9. The smallest absolute Gasteiger partial charge is 0.269 e. The van der Waals surface area contributed by atoms with E-state index < -0.39 is 4.92 Å². The van der Waals surface area contributed by atoms with Crippen molar-refractivity contribution in [2.24, 2.45) is 4.99 Å². The Morgan fingerprint density at radius 2 is 1.75 bits per heavy atom. The van der Waals surface area contributed by atoms with Gasteiger partial charge in [0, 0.05) is 28.7 Å². The van der Waals surface area contributed by atoms with Gasteiger partial charge >= 0.3 is 0 Å². The minimum absolute atomic E-state index is 0.0278. The molecule has 0 amide bonds. The maximum Gasteiger partial charge on any atom is 0.269 e. The standard InChI is InChI=1S/C28H24BrN3O4/c1-35-26-17-22(25(29)18-27(26)36-2)15-16-31-28(21-8-4-3-5-9-21)23(19-30)10-6-7-20-11-13-24(14-12-20)32(33)34/h3-14,17-18H,15-16H2,1-2H3/b7-6+,23-10-,31-28?. The normalized spacial score (nSPS) is 11.8. The van der Waals surface area contributed by atoms with Crippen molar-refractivity contribution in [3.63, 3.8) is 0 Å². The van der Waals surface area contributed by atoms with E-state index >= 15 is 0 Å². The molecule has 0 N–H and O–H groups in total. The van der Waals surface area contributed by atoms with Crippen LogP contribution in [0.3, 0.4) is 0 Å². The molecule has 0 bridgehead atoms. The molecule has 0 radical (unpaired) electrons. The van der Waals surface area contributed by atoms with Gasteiger partial charge in [-0.05, 0) is 47.9 Å². The van der Waals surface area contributed by atoms with Crippen molar-refractivity contribution in [3.05, 3.63) is 116 Å². The van der Waals surface area contributed by atoms with Crippen molar-refractivity contribution in [1.82, 2.24) is 0 Å². The van der Waals surface area contributed by atoms with E-state index in [2.05, 4.69) is 22.0 Å². The zero-order valence-electron chi connectivity index (χ0n) is 19.8. The molecule has 0 aliphatic carbocycles. The molecule has 0 aliphatic heterocycles. The first kappa shape index (κ1) is 26.4. The maximum absolute atomic E-state index is 10.8. The van der Waals surface area contributed by atoms with E-state index in [0.717, 1.165) is 21.2 Å². The van der Waals surface area contributed by atoms with Gasteiger partial charge in [0.2, 0.25) is 0 Å². The zero-order chi connectivity index (χ0) is 25.9. The van der Waals surface area contributed by atoms with Gasteiger partial charge in [0.15, 0.2) is 11.5 Å². The summed E-state index contributed by atoms with van der Waals surface area (Å²) in [4.78, 5) is 15.2. The van der Waals surface area contributed by atoms with Gasteiger partial charge in [-0.3, -0.25) is 15.1 Å².